The average molecular weight is 452 g/mol. The molecule has 0 aliphatic carbocycles. The highest BCUT2D eigenvalue weighted by Gasteiger charge is 2.36. The third kappa shape index (κ3) is 4.70. The van der Waals surface area contributed by atoms with Gasteiger partial charge in [-0.3, -0.25) is 10.8 Å². The molecule has 1 aliphatic rings. The summed E-state index contributed by atoms with van der Waals surface area (Å²) in [5.74, 6) is -0.575. The number of imidazole rings is 1. The summed E-state index contributed by atoms with van der Waals surface area (Å²) in [5, 5.41) is 12.4. The van der Waals surface area contributed by atoms with E-state index in [-0.39, 0.29) is 16.9 Å². The van der Waals surface area contributed by atoms with E-state index in [0.717, 1.165) is 6.08 Å². The molecule has 0 bridgehead atoms. The molecule has 2 aromatic rings. The summed E-state index contributed by atoms with van der Waals surface area (Å²) in [4.78, 5) is 4.20. The molecule has 31 heavy (non-hydrogen) atoms. The smallest absolute Gasteiger partial charge is 0.384 e. The minimum atomic E-state index is -4.76. The quantitative estimate of drug-likeness (QED) is 0.408. The first kappa shape index (κ1) is 22.3. The Morgan fingerprint density at radius 1 is 1.26 bits per heavy atom. The number of alkyl halides is 3. The van der Waals surface area contributed by atoms with Crippen molar-refractivity contribution in [2.45, 2.75) is 24.4 Å². The highest BCUT2D eigenvalue weighted by Crippen LogP contribution is 2.30. The highest BCUT2D eigenvalue weighted by molar-refractivity contribution is 7.89. The van der Waals surface area contributed by atoms with Crippen molar-refractivity contribution in [3.8, 4) is 11.3 Å². The second-order valence-electron chi connectivity index (χ2n) is 6.61. The van der Waals surface area contributed by atoms with Crippen LogP contribution in [0.4, 0.5) is 13.2 Å². The Morgan fingerprint density at radius 2 is 1.90 bits per heavy atom. The molecule has 3 rings (SSSR count). The van der Waals surface area contributed by atoms with E-state index < -0.39 is 27.6 Å². The second kappa shape index (κ2) is 8.04. The molecule has 12 heteroatoms. The van der Waals surface area contributed by atoms with Crippen LogP contribution in [-0.4, -0.2) is 30.1 Å². The number of rotatable bonds is 5. The van der Waals surface area contributed by atoms with Crippen LogP contribution in [0.5, 0.6) is 0 Å². The maximum atomic E-state index is 13.2. The third-order valence-electron chi connectivity index (χ3n) is 4.54. The Bertz CT molecular complexity index is 1220. The van der Waals surface area contributed by atoms with Crippen LogP contribution in [0.2, 0.25) is 0 Å². The van der Waals surface area contributed by atoms with Crippen molar-refractivity contribution in [3.63, 3.8) is 0 Å². The first-order valence-electron chi connectivity index (χ1n) is 8.94. The lowest BCUT2D eigenvalue weighted by molar-refractivity contribution is -0.0862. The number of primary sulfonamides is 1. The number of benzene rings is 1. The molecule has 0 saturated carbocycles. The Hall–Kier alpha value is -3.38. The molecule has 0 atom stereocenters. The SMILES string of the molecule is CCC(/C=C(\C(=N)N)C(F)(F)F)=C1\C=Cc2ncc(-c3ccc(S(N)(=O)=O)cc3)n2N1. The summed E-state index contributed by atoms with van der Waals surface area (Å²) < 4.78 is 64.1. The molecule has 0 saturated heterocycles. The van der Waals surface area contributed by atoms with E-state index in [0.29, 0.717) is 22.8 Å². The van der Waals surface area contributed by atoms with Crippen LogP contribution in [-0.2, 0) is 10.0 Å². The van der Waals surface area contributed by atoms with E-state index in [1.807, 2.05) is 0 Å². The molecule has 0 radical (unpaired) electrons. The number of nitrogens with one attached hydrogen (secondary N) is 2. The number of aromatic nitrogens is 2. The molecular weight excluding hydrogens is 433 g/mol. The van der Waals surface area contributed by atoms with Crippen LogP contribution in [0.1, 0.15) is 19.2 Å². The van der Waals surface area contributed by atoms with Gasteiger partial charge >= 0.3 is 6.18 Å². The van der Waals surface area contributed by atoms with Gasteiger partial charge in [-0.25, -0.2) is 23.2 Å². The fourth-order valence-electron chi connectivity index (χ4n) is 2.97. The average Bonchev–Trinajstić information content (AvgIpc) is 3.10. The molecule has 1 aromatic heterocycles. The van der Waals surface area contributed by atoms with Gasteiger partial charge in [0, 0.05) is 5.56 Å². The van der Waals surface area contributed by atoms with Crippen LogP contribution in [0.15, 0.2) is 64.4 Å². The van der Waals surface area contributed by atoms with Crippen LogP contribution >= 0.6 is 0 Å². The molecule has 0 unspecified atom stereocenters. The fourth-order valence-corrected chi connectivity index (χ4v) is 3.49. The second-order valence-corrected chi connectivity index (χ2v) is 8.17. The summed E-state index contributed by atoms with van der Waals surface area (Å²) in [6.07, 6.45) is 1.07. The largest absolute Gasteiger partial charge is 0.419 e. The predicted molar refractivity (Wildman–Crippen MR) is 111 cm³/mol. The molecule has 6 N–H and O–H groups in total. The van der Waals surface area contributed by atoms with Crippen molar-refractivity contribution in [3.05, 3.63) is 65.3 Å². The number of nitrogens with zero attached hydrogens (tertiary/aromatic N) is 2. The first-order valence-corrected chi connectivity index (χ1v) is 10.5. The number of nitrogens with two attached hydrogens (primary N) is 2. The lowest BCUT2D eigenvalue weighted by atomic mass is 10.0. The summed E-state index contributed by atoms with van der Waals surface area (Å²) in [6, 6.07) is 5.79. The van der Waals surface area contributed by atoms with Gasteiger partial charge in [-0.05, 0) is 42.4 Å². The van der Waals surface area contributed by atoms with Crippen molar-refractivity contribution in [2.24, 2.45) is 10.9 Å². The maximum absolute atomic E-state index is 13.2. The molecular formula is C19H19F3N6O2S. The number of allylic oxidation sites excluding steroid dienone is 3. The van der Waals surface area contributed by atoms with Gasteiger partial charge in [0.05, 0.1) is 28.1 Å². The van der Waals surface area contributed by atoms with Gasteiger partial charge < -0.3 is 5.73 Å². The van der Waals surface area contributed by atoms with Crippen molar-refractivity contribution in [2.75, 3.05) is 5.43 Å². The zero-order valence-electron chi connectivity index (χ0n) is 16.2. The highest BCUT2D eigenvalue weighted by atomic mass is 32.2. The molecule has 164 valence electrons. The van der Waals surface area contributed by atoms with Gasteiger partial charge in [0.25, 0.3) is 0 Å². The van der Waals surface area contributed by atoms with Crippen molar-refractivity contribution < 1.29 is 21.6 Å². The Balaban J connectivity index is 2.03. The molecule has 0 amide bonds. The van der Waals surface area contributed by atoms with Crippen LogP contribution in [0.25, 0.3) is 17.3 Å². The fraction of sp³-hybridized carbons (Fsp3) is 0.158. The van der Waals surface area contributed by atoms with E-state index >= 15 is 0 Å². The Kier molecular flexibility index (Phi) is 5.79. The normalized spacial score (nSPS) is 16.0. The van der Waals surface area contributed by atoms with E-state index in [4.69, 9.17) is 16.3 Å². The maximum Gasteiger partial charge on any atom is 0.419 e. The van der Waals surface area contributed by atoms with Gasteiger partial charge in [0.15, 0.2) is 5.82 Å². The number of halogens is 3. The van der Waals surface area contributed by atoms with Gasteiger partial charge in [-0.2, -0.15) is 13.2 Å². The molecule has 2 heterocycles. The molecule has 1 aliphatic heterocycles. The van der Waals surface area contributed by atoms with Crippen molar-refractivity contribution in [1.82, 2.24) is 9.66 Å². The lowest BCUT2D eigenvalue weighted by Crippen LogP contribution is -2.26. The monoisotopic (exact) mass is 452 g/mol. The van der Waals surface area contributed by atoms with Gasteiger partial charge in [0.1, 0.15) is 5.84 Å². The lowest BCUT2D eigenvalue weighted by Gasteiger charge is -2.20. The predicted octanol–water partition coefficient (Wildman–Crippen LogP) is 2.86. The number of sulfonamides is 1. The molecule has 8 nitrogen and oxygen atoms in total. The molecule has 1 aromatic carbocycles. The third-order valence-corrected chi connectivity index (χ3v) is 5.47. The zero-order chi connectivity index (χ0) is 23.0. The van der Waals surface area contributed by atoms with E-state index in [9.17, 15) is 21.6 Å². The summed E-state index contributed by atoms with van der Waals surface area (Å²) in [7, 11) is -3.84. The number of fused-ring (bicyclic) bond motifs is 1. The topological polar surface area (TPSA) is 140 Å². The Labute approximate surface area is 176 Å². The summed E-state index contributed by atoms with van der Waals surface area (Å²) in [5.41, 5.74) is 8.74. The molecule has 0 fully saturated rings. The van der Waals surface area contributed by atoms with E-state index in [1.54, 1.807) is 42.1 Å². The zero-order valence-corrected chi connectivity index (χ0v) is 17.1. The summed E-state index contributed by atoms with van der Waals surface area (Å²) in [6.45, 7) is 1.68. The minimum Gasteiger partial charge on any atom is -0.384 e. The van der Waals surface area contributed by atoms with Crippen LogP contribution < -0.4 is 16.3 Å². The standard InChI is InChI=1S/C19H19F3N6O2S/c1-2-11(9-14(18(23)24)19(20,21)22)15-7-8-17-26-10-16(28(17)27-15)12-3-5-13(6-4-12)31(25,29)30/h3-10,27H,2H2,1H3,(H3,23,24)(H2,25,29,30)/b14-9+,15-11-. The van der Waals surface area contributed by atoms with Crippen LogP contribution in [0, 0.1) is 5.41 Å². The van der Waals surface area contributed by atoms with Gasteiger partial charge in [0.2, 0.25) is 10.0 Å². The Morgan fingerprint density at radius 3 is 2.42 bits per heavy atom. The number of hydrogen-bond acceptors (Lipinski definition) is 5. The number of hydrogen-bond donors (Lipinski definition) is 4. The van der Waals surface area contributed by atoms with Crippen molar-refractivity contribution >= 4 is 21.9 Å². The van der Waals surface area contributed by atoms with E-state index in [1.165, 1.54) is 12.1 Å². The minimum absolute atomic E-state index is 0.0506. The van der Waals surface area contributed by atoms with Crippen LogP contribution in [0.3, 0.4) is 0 Å². The first-order chi connectivity index (χ1) is 14.4. The number of amidine groups is 1. The van der Waals surface area contributed by atoms with Gasteiger partial charge in [-0.1, -0.05) is 19.1 Å². The molecule has 0 spiro atoms. The van der Waals surface area contributed by atoms with Gasteiger partial charge in [-0.15, -0.1) is 0 Å². The summed E-state index contributed by atoms with van der Waals surface area (Å²) >= 11 is 0. The van der Waals surface area contributed by atoms with Crippen molar-refractivity contribution in [1.29, 1.82) is 5.41 Å². The van der Waals surface area contributed by atoms with E-state index in [2.05, 4.69) is 10.4 Å².